The molecular formula is C14H13N3O2. The number of rotatable bonds is 3. The van der Waals surface area contributed by atoms with Gasteiger partial charge in [-0.1, -0.05) is 0 Å². The highest BCUT2D eigenvalue weighted by Crippen LogP contribution is 2.37. The van der Waals surface area contributed by atoms with Crippen molar-refractivity contribution < 1.29 is 9.53 Å². The average Bonchev–Trinajstić information content (AvgIpc) is 2.46. The second kappa shape index (κ2) is 4.68. The Morgan fingerprint density at radius 1 is 1.21 bits per heavy atom. The van der Waals surface area contributed by atoms with E-state index in [0.29, 0.717) is 12.2 Å². The van der Waals surface area contributed by atoms with Crippen LogP contribution in [0.2, 0.25) is 0 Å². The molecule has 1 amide bonds. The van der Waals surface area contributed by atoms with Crippen LogP contribution >= 0.6 is 0 Å². The lowest BCUT2D eigenvalue weighted by atomic mass is 9.99. The van der Waals surface area contributed by atoms with Crippen LogP contribution in [0.3, 0.4) is 0 Å². The van der Waals surface area contributed by atoms with Crippen LogP contribution in [0, 0.1) is 0 Å². The molecule has 1 fully saturated rings. The number of nitrogens with zero attached hydrogens (tertiary/aromatic N) is 3. The third-order valence-corrected chi connectivity index (χ3v) is 3.18. The van der Waals surface area contributed by atoms with Gasteiger partial charge in [0, 0.05) is 18.1 Å². The van der Waals surface area contributed by atoms with E-state index in [1.165, 1.54) is 0 Å². The summed E-state index contributed by atoms with van der Waals surface area (Å²) in [7, 11) is 1.62. The molecule has 5 heteroatoms. The molecule has 96 valence electrons. The summed E-state index contributed by atoms with van der Waals surface area (Å²) in [6.07, 6.45) is 3.84. The predicted molar refractivity (Wildman–Crippen MR) is 69.9 cm³/mol. The third-order valence-electron chi connectivity index (χ3n) is 3.18. The highest BCUT2D eigenvalue weighted by atomic mass is 16.5. The molecule has 1 aromatic carbocycles. The maximum atomic E-state index is 11.8. The smallest absolute Gasteiger partial charge is 0.230 e. The van der Waals surface area contributed by atoms with E-state index in [1.54, 1.807) is 30.5 Å². The molecule has 0 spiro atoms. The lowest BCUT2D eigenvalue weighted by molar-refractivity contribution is -0.124. The van der Waals surface area contributed by atoms with E-state index < -0.39 is 0 Å². The molecule has 0 aliphatic carbocycles. The van der Waals surface area contributed by atoms with Crippen LogP contribution in [-0.4, -0.2) is 23.0 Å². The van der Waals surface area contributed by atoms with E-state index in [2.05, 4.69) is 9.97 Å². The summed E-state index contributed by atoms with van der Waals surface area (Å²) in [4.78, 5) is 22.0. The summed E-state index contributed by atoms with van der Waals surface area (Å²) < 4.78 is 5.11. The number of benzene rings is 1. The van der Waals surface area contributed by atoms with Gasteiger partial charge in [-0.05, 0) is 30.3 Å². The largest absolute Gasteiger partial charge is 0.497 e. The third kappa shape index (κ3) is 2.03. The van der Waals surface area contributed by atoms with Crippen LogP contribution in [-0.2, 0) is 4.79 Å². The fourth-order valence-electron chi connectivity index (χ4n) is 2.17. The number of ether oxygens (including phenoxy) is 1. The van der Waals surface area contributed by atoms with Crippen molar-refractivity contribution in [3.05, 3.63) is 48.5 Å². The Kier molecular flexibility index (Phi) is 2.87. The summed E-state index contributed by atoms with van der Waals surface area (Å²) in [6.45, 7) is 0. The Labute approximate surface area is 110 Å². The van der Waals surface area contributed by atoms with Crippen LogP contribution in [0.5, 0.6) is 5.75 Å². The van der Waals surface area contributed by atoms with Gasteiger partial charge in [-0.3, -0.25) is 4.79 Å². The van der Waals surface area contributed by atoms with Crippen LogP contribution < -0.4 is 9.64 Å². The van der Waals surface area contributed by atoms with Gasteiger partial charge in [0.2, 0.25) is 5.91 Å². The fraction of sp³-hybridized carbons (Fsp3) is 0.214. The number of amides is 1. The minimum atomic E-state index is -0.0675. The first kappa shape index (κ1) is 11.6. The lowest BCUT2D eigenvalue weighted by Gasteiger charge is -2.39. The molecule has 0 bridgehead atoms. The molecular weight excluding hydrogens is 242 g/mol. The molecule has 1 saturated heterocycles. The number of carbonyl (C=O) groups is 1. The van der Waals surface area contributed by atoms with Crippen molar-refractivity contribution in [3.63, 3.8) is 0 Å². The van der Waals surface area contributed by atoms with Crippen LogP contribution in [0.4, 0.5) is 5.69 Å². The normalized spacial score (nSPS) is 18.1. The molecule has 0 radical (unpaired) electrons. The van der Waals surface area contributed by atoms with Crippen molar-refractivity contribution >= 4 is 11.6 Å². The summed E-state index contributed by atoms with van der Waals surface area (Å²) in [5.74, 6) is 1.53. The number of aromatic nitrogens is 2. The van der Waals surface area contributed by atoms with Gasteiger partial charge < -0.3 is 9.64 Å². The minimum Gasteiger partial charge on any atom is -0.497 e. The summed E-state index contributed by atoms with van der Waals surface area (Å²) in [5.41, 5.74) is 0.842. The van der Waals surface area contributed by atoms with Gasteiger partial charge >= 0.3 is 0 Å². The number of anilines is 1. The van der Waals surface area contributed by atoms with E-state index in [-0.39, 0.29) is 11.9 Å². The molecule has 5 nitrogen and oxygen atoms in total. The quantitative estimate of drug-likeness (QED) is 0.787. The van der Waals surface area contributed by atoms with Crippen molar-refractivity contribution in [1.29, 1.82) is 0 Å². The Morgan fingerprint density at radius 2 is 1.89 bits per heavy atom. The number of carbonyl (C=O) groups excluding carboxylic acids is 1. The summed E-state index contributed by atoms with van der Waals surface area (Å²) in [5, 5.41) is 0. The van der Waals surface area contributed by atoms with Crippen LogP contribution in [0.15, 0.2) is 42.7 Å². The molecule has 0 N–H and O–H groups in total. The van der Waals surface area contributed by atoms with Crippen molar-refractivity contribution in [2.24, 2.45) is 0 Å². The minimum absolute atomic E-state index is 0.0675. The van der Waals surface area contributed by atoms with Gasteiger partial charge in [0.1, 0.15) is 11.8 Å². The zero-order valence-corrected chi connectivity index (χ0v) is 10.5. The summed E-state index contributed by atoms with van der Waals surface area (Å²) in [6, 6.07) is 9.11. The average molecular weight is 255 g/mol. The van der Waals surface area contributed by atoms with E-state index in [4.69, 9.17) is 4.74 Å². The standard InChI is InChI=1S/C14H13N3O2/c1-19-11-5-3-10(4-6-11)17-12(9-13(17)18)14-15-7-2-8-16-14/h2-8,12H,9H2,1H3/t12-/m1/s1. The monoisotopic (exact) mass is 255 g/mol. The fourth-order valence-corrected chi connectivity index (χ4v) is 2.17. The molecule has 0 saturated carbocycles. The van der Waals surface area contributed by atoms with Gasteiger partial charge in [-0.15, -0.1) is 0 Å². The lowest BCUT2D eigenvalue weighted by Crippen LogP contribution is -2.47. The zero-order chi connectivity index (χ0) is 13.2. The van der Waals surface area contributed by atoms with Crippen molar-refractivity contribution in [2.45, 2.75) is 12.5 Å². The second-order valence-electron chi connectivity index (χ2n) is 4.29. The maximum absolute atomic E-state index is 11.8. The second-order valence-corrected chi connectivity index (χ2v) is 4.29. The Morgan fingerprint density at radius 3 is 2.47 bits per heavy atom. The SMILES string of the molecule is COc1ccc(N2C(=O)C[C@@H]2c2ncccn2)cc1. The van der Waals surface area contributed by atoms with Crippen molar-refractivity contribution in [1.82, 2.24) is 9.97 Å². The van der Waals surface area contributed by atoms with Crippen molar-refractivity contribution in [2.75, 3.05) is 12.0 Å². The van der Waals surface area contributed by atoms with E-state index in [9.17, 15) is 4.79 Å². The van der Waals surface area contributed by atoms with Crippen LogP contribution in [0.25, 0.3) is 0 Å². The van der Waals surface area contributed by atoms with Gasteiger partial charge in [-0.2, -0.15) is 0 Å². The topological polar surface area (TPSA) is 55.3 Å². The molecule has 2 heterocycles. The molecule has 3 rings (SSSR count). The summed E-state index contributed by atoms with van der Waals surface area (Å²) >= 11 is 0. The highest BCUT2D eigenvalue weighted by Gasteiger charge is 2.39. The van der Waals surface area contributed by atoms with E-state index >= 15 is 0 Å². The zero-order valence-electron chi connectivity index (χ0n) is 10.5. The maximum Gasteiger partial charge on any atom is 0.230 e. The molecule has 1 aromatic heterocycles. The van der Waals surface area contributed by atoms with Gasteiger partial charge in [0.15, 0.2) is 5.82 Å². The molecule has 1 aliphatic rings. The van der Waals surface area contributed by atoms with Gasteiger partial charge in [0.05, 0.1) is 13.5 Å². The number of methoxy groups -OCH3 is 1. The molecule has 0 unspecified atom stereocenters. The van der Waals surface area contributed by atoms with Crippen LogP contribution in [0.1, 0.15) is 18.3 Å². The number of β-lactam (4-membered cyclic amide) rings is 1. The first-order valence-corrected chi connectivity index (χ1v) is 6.02. The Bertz CT molecular complexity index is 583. The predicted octanol–water partition coefficient (Wildman–Crippen LogP) is 1.96. The Hall–Kier alpha value is -2.43. The number of hydrogen-bond acceptors (Lipinski definition) is 4. The first-order chi connectivity index (χ1) is 9.29. The van der Waals surface area contributed by atoms with Gasteiger partial charge in [0.25, 0.3) is 0 Å². The van der Waals surface area contributed by atoms with E-state index in [0.717, 1.165) is 11.4 Å². The molecule has 19 heavy (non-hydrogen) atoms. The molecule has 2 aromatic rings. The highest BCUT2D eigenvalue weighted by molar-refractivity contribution is 6.00. The molecule has 1 aliphatic heterocycles. The van der Waals surface area contributed by atoms with E-state index in [1.807, 2.05) is 24.3 Å². The number of hydrogen-bond donors (Lipinski definition) is 0. The van der Waals surface area contributed by atoms with Crippen molar-refractivity contribution in [3.8, 4) is 5.75 Å². The Balaban J connectivity index is 1.87. The van der Waals surface area contributed by atoms with Gasteiger partial charge in [-0.25, -0.2) is 9.97 Å². The molecule has 1 atom stereocenters. The first-order valence-electron chi connectivity index (χ1n) is 6.02.